The molecule has 1 amide bonds. The molecule has 1 fully saturated rings. The molecule has 4 N–H and O–H groups in total. The maximum absolute atomic E-state index is 11.5. The highest BCUT2D eigenvalue weighted by Crippen LogP contribution is 2.31. The van der Waals surface area contributed by atoms with Gasteiger partial charge in [-0.2, -0.15) is 13.1 Å². The normalized spacial score (nSPS) is 18.6. The van der Waals surface area contributed by atoms with Crippen molar-refractivity contribution in [3.8, 4) is 0 Å². The van der Waals surface area contributed by atoms with Gasteiger partial charge in [-0.1, -0.05) is 0 Å². The van der Waals surface area contributed by atoms with E-state index in [-0.39, 0.29) is 13.2 Å². The Balaban J connectivity index is 2.54. The molecule has 0 aromatic rings. The summed E-state index contributed by atoms with van der Waals surface area (Å²) in [7, 11) is -3.89. The van der Waals surface area contributed by atoms with Crippen LogP contribution in [-0.2, 0) is 14.9 Å². The fourth-order valence-corrected chi connectivity index (χ4v) is 2.72. The summed E-state index contributed by atoms with van der Waals surface area (Å²) in [4.78, 5) is 11.0. The van der Waals surface area contributed by atoms with E-state index < -0.39 is 21.8 Å². The summed E-state index contributed by atoms with van der Waals surface area (Å²) in [5.41, 5.74) is 4.90. The molecule has 7 nitrogen and oxygen atoms in total. The van der Waals surface area contributed by atoms with Gasteiger partial charge in [-0.05, 0) is 26.2 Å². The van der Waals surface area contributed by atoms with Crippen molar-refractivity contribution in [3.05, 3.63) is 0 Å². The maximum Gasteiger partial charge on any atom is 0.421 e. The van der Waals surface area contributed by atoms with Crippen LogP contribution in [-0.4, -0.2) is 33.2 Å². The van der Waals surface area contributed by atoms with Gasteiger partial charge in [0.1, 0.15) is 0 Å². The molecule has 0 aromatic carbocycles. The Hall–Kier alpha value is -0.860. The highest BCUT2D eigenvalue weighted by Gasteiger charge is 2.39. The van der Waals surface area contributed by atoms with E-state index in [1.165, 1.54) is 0 Å². The summed E-state index contributed by atoms with van der Waals surface area (Å²) in [5, 5.41) is 0. The second kappa shape index (κ2) is 4.98. The minimum absolute atomic E-state index is 0.114. The number of hydrogen-bond donors (Lipinski definition) is 3. The monoisotopic (exact) mass is 251 g/mol. The number of ether oxygens (including phenoxy) is 1. The van der Waals surface area contributed by atoms with Gasteiger partial charge in [0.15, 0.2) is 0 Å². The van der Waals surface area contributed by atoms with Crippen LogP contribution < -0.4 is 15.2 Å². The third-order valence-corrected chi connectivity index (χ3v) is 3.68. The number of carbonyl (C=O) groups excluding carboxylic acids is 1. The van der Waals surface area contributed by atoms with Crippen molar-refractivity contribution < 1.29 is 17.9 Å². The molecular weight excluding hydrogens is 234 g/mol. The van der Waals surface area contributed by atoms with Crippen LogP contribution in [0.4, 0.5) is 4.79 Å². The van der Waals surface area contributed by atoms with Crippen LogP contribution >= 0.6 is 0 Å². The summed E-state index contributed by atoms with van der Waals surface area (Å²) in [6.07, 6.45) is 1.32. The second-order valence-electron chi connectivity index (χ2n) is 3.77. The van der Waals surface area contributed by atoms with Crippen molar-refractivity contribution in [3.63, 3.8) is 0 Å². The number of rotatable bonds is 5. The van der Waals surface area contributed by atoms with Crippen molar-refractivity contribution >= 4 is 16.3 Å². The Bertz CT molecular complexity index is 345. The topological polar surface area (TPSA) is 111 Å². The standard InChI is InChI=1S/C8H17N3O4S/c1-2-15-7(12)10-16(13,14)11-8(6-9)4-3-5-8/h11H,2-6,9H2,1H3,(H,10,12). The summed E-state index contributed by atoms with van der Waals surface area (Å²) in [6.45, 7) is 1.92. The van der Waals surface area contributed by atoms with Crippen LogP contribution in [0.25, 0.3) is 0 Å². The Morgan fingerprint density at radius 2 is 2.12 bits per heavy atom. The first-order chi connectivity index (χ1) is 7.43. The van der Waals surface area contributed by atoms with E-state index in [0.717, 1.165) is 6.42 Å². The average molecular weight is 251 g/mol. The molecule has 94 valence electrons. The third kappa shape index (κ3) is 3.32. The fourth-order valence-electron chi connectivity index (χ4n) is 1.53. The summed E-state index contributed by atoms with van der Waals surface area (Å²) in [5.74, 6) is 0. The van der Waals surface area contributed by atoms with Crippen LogP contribution in [0.5, 0.6) is 0 Å². The number of hydrogen-bond acceptors (Lipinski definition) is 5. The average Bonchev–Trinajstić information content (AvgIpc) is 2.11. The van der Waals surface area contributed by atoms with Crippen LogP contribution in [0.15, 0.2) is 0 Å². The van der Waals surface area contributed by atoms with Crippen LogP contribution in [0.3, 0.4) is 0 Å². The number of amides is 1. The van der Waals surface area contributed by atoms with Gasteiger partial charge >= 0.3 is 16.3 Å². The van der Waals surface area contributed by atoms with Crippen molar-refractivity contribution in [1.82, 2.24) is 9.44 Å². The molecule has 0 heterocycles. The molecule has 0 aliphatic heterocycles. The minimum Gasteiger partial charge on any atom is -0.449 e. The zero-order valence-corrected chi connectivity index (χ0v) is 9.97. The van der Waals surface area contributed by atoms with Crippen molar-refractivity contribution in [2.45, 2.75) is 31.7 Å². The first kappa shape index (κ1) is 13.2. The third-order valence-electron chi connectivity index (χ3n) is 2.55. The zero-order valence-electron chi connectivity index (χ0n) is 9.15. The van der Waals surface area contributed by atoms with Gasteiger partial charge in [0.05, 0.1) is 6.61 Å². The highest BCUT2D eigenvalue weighted by atomic mass is 32.2. The summed E-state index contributed by atoms with van der Waals surface area (Å²) in [6, 6.07) is 0. The minimum atomic E-state index is -3.89. The van der Waals surface area contributed by atoms with E-state index in [1.54, 1.807) is 11.6 Å². The van der Waals surface area contributed by atoms with Gasteiger partial charge in [0.25, 0.3) is 0 Å². The zero-order chi connectivity index (χ0) is 12.2. The quantitative estimate of drug-likeness (QED) is 0.607. The number of carbonyl (C=O) groups is 1. The molecule has 0 spiro atoms. The Morgan fingerprint density at radius 3 is 2.50 bits per heavy atom. The van der Waals surface area contributed by atoms with Gasteiger partial charge in [-0.25, -0.2) is 9.52 Å². The van der Waals surface area contributed by atoms with E-state index in [2.05, 4.69) is 9.46 Å². The predicted octanol–water partition coefficient (Wildman–Crippen LogP) is -0.552. The van der Waals surface area contributed by atoms with E-state index >= 15 is 0 Å². The lowest BCUT2D eigenvalue weighted by atomic mass is 9.78. The van der Waals surface area contributed by atoms with Gasteiger partial charge in [-0.15, -0.1) is 0 Å². The molecular formula is C8H17N3O4S. The molecule has 0 radical (unpaired) electrons. The Kier molecular flexibility index (Phi) is 4.11. The van der Waals surface area contributed by atoms with Gasteiger partial charge in [0.2, 0.25) is 0 Å². The molecule has 1 saturated carbocycles. The van der Waals surface area contributed by atoms with E-state index in [9.17, 15) is 13.2 Å². The summed E-state index contributed by atoms with van der Waals surface area (Å²) >= 11 is 0. The first-order valence-electron chi connectivity index (χ1n) is 5.11. The molecule has 1 aliphatic carbocycles. The SMILES string of the molecule is CCOC(=O)NS(=O)(=O)NC1(CN)CCC1. The molecule has 0 unspecified atom stereocenters. The molecule has 8 heteroatoms. The first-order valence-corrected chi connectivity index (χ1v) is 6.60. The summed E-state index contributed by atoms with van der Waals surface area (Å²) < 4.78 is 31.6. The molecule has 16 heavy (non-hydrogen) atoms. The fraction of sp³-hybridized carbons (Fsp3) is 0.875. The largest absolute Gasteiger partial charge is 0.449 e. The van der Waals surface area contributed by atoms with Crippen LogP contribution in [0.2, 0.25) is 0 Å². The Labute approximate surface area is 94.9 Å². The maximum atomic E-state index is 11.5. The molecule has 0 atom stereocenters. The molecule has 1 aliphatic rings. The molecule has 0 saturated heterocycles. The van der Waals surface area contributed by atoms with E-state index in [0.29, 0.717) is 12.8 Å². The molecule has 0 aromatic heterocycles. The number of nitrogens with two attached hydrogens (primary N) is 1. The lowest BCUT2D eigenvalue weighted by Crippen LogP contribution is -2.60. The lowest BCUT2D eigenvalue weighted by Gasteiger charge is -2.40. The Morgan fingerprint density at radius 1 is 1.50 bits per heavy atom. The van der Waals surface area contributed by atoms with Gasteiger partial charge in [0, 0.05) is 12.1 Å². The van der Waals surface area contributed by atoms with E-state index in [1.807, 2.05) is 0 Å². The van der Waals surface area contributed by atoms with Crippen LogP contribution in [0, 0.1) is 0 Å². The smallest absolute Gasteiger partial charge is 0.421 e. The van der Waals surface area contributed by atoms with Gasteiger partial charge in [-0.3, -0.25) is 0 Å². The molecule has 1 rings (SSSR count). The van der Waals surface area contributed by atoms with Crippen molar-refractivity contribution in [2.75, 3.05) is 13.2 Å². The highest BCUT2D eigenvalue weighted by molar-refractivity contribution is 7.88. The van der Waals surface area contributed by atoms with Crippen LogP contribution in [0.1, 0.15) is 26.2 Å². The number of nitrogens with one attached hydrogen (secondary N) is 2. The van der Waals surface area contributed by atoms with Crippen molar-refractivity contribution in [1.29, 1.82) is 0 Å². The van der Waals surface area contributed by atoms with Crippen molar-refractivity contribution in [2.24, 2.45) is 5.73 Å². The second-order valence-corrected chi connectivity index (χ2v) is 5.18. The predicted molar refractivity (Wildman–Crippen MR) is 57.8 cm³/mol. The van der Waals surface area contributed by atoms with Gasteiger partial charge < -0.3 is 10.5 Å². The lowest BCUT2D eigenvalue weighted by molar-refractivity contribution is 0.158. The van der Waals surface area contributed by atoms with E-state index in [4.69, 9.17) is 5.73 Å². The molecule has 0 bridgehead atoms.